The molecule has 1 aliphatic rings. The third kappa shape index (κ3) is 4.61. The lowest BCUT2D eigenvalue weighted by Gasteiger charge is -2.27. The number of para-hydroxylation sites is 2. The van der Waals surface area contributed by atoms with Gasteiger partial charge in [0.05, 0.1) is 11.4 Å². The summed E-state index contributed by atoms with van der Waals surface area (Å²) in [4.78, 5) is 38.1. The van der Waals surface area contributed by atoms with Crippen molar-refractivity contribution in [1.82, 2.24) is 0 Å². The number of anilines is 2. The Morgan fingerprint density at radius 1 is 1.15 bits per heavy atom. The van der Waals surface area contributed by atoms with E-state index >= 15 is 0 Å². The van der Waals surface area contributed by atoms with E-state index in [4.69, 9.17) is 4.74 Å². The molecule has 0 spiro atoms. The number of carbonyl (C=O) groups is 3. The number of fused-ring (bicyclic) bond motifs is 1. The average molecular weight is 364 g/mol. The molecule has 0 aliphatic carbocycles. The summed E-state index contributed by atoms with van der Waals surface area (Å²) in [6, 6.07) is 16.0. The fourth-order valence-corrected chi connectivity index (χ4v) is 2.95. The van der Waals surface area contributed by atoms with Crippen molar-refractivity contribution in [3.05, 3.63) is 66.2 Å². The predicted molar refractivity (Wildman–Crippen MR) is 103 cm³/mol. The molecule has 0 saturated heterocycles. The normalized spacial score (nSPS) is 16.4. The van der Waals surface area contributed by atoms with Crippen molar-refractivity contribution in [2.24, 2.45) is 0 Å². The minimum Gasteiger partial charge on any atom is -0.452 e. The highest BCUT2D eigenvalue weighted by Crippen LogP contribution is 2.31. The van der Waals surface area contributed by atoms with E-state index in [-0.39, 0.29) is 24.3 Å². The maximum Gasteiger partial charge on any atom is 0.331 e. The number of rotatable bonds is 4. The summed E-state index contributed by atoms with van der Waals surface area (Å²) in [5, 5.41) is 2.79. The first-order valence-corrected chi connectivity index (χ1v) is 8.65. The van der Waals surface area contributed by atoms with Crippen molar-refractivity contribution < 1.29 is 19.1 Å². The summed E-state index contributed by atoms with van der Waals surface area (Å²) in [6.45, 7) is 1.39. The fourth-order valence-electron chi connectivity index (χ4n) is 2.95. The molecular formula is C21H20N2O4. The van der Waals surface area contributed by atoms with Gasteiger partial charge in [-0.05, 0) is 30.7 Å². The lowest BCUT2D eigenvalue weighted by Crippen LogP contribution is -2.41. The minimum absolute atomic E-state index is 0.159. The lowest BCUT2D eigenvalue weighted by molar-refractivity contribution is -0.143. The van der Waals surface area contributed by atoms with Crippen molar-refractivity contribution in [2.75, 3.05) is 16.8 Å². The molecule has 138 valence electrons. The van der Waals surface area contributed by atoms with Crippen LogP contribution in [0.3, 0.4) is 0 Å². The first-order valence-electron chi connectivity index (χ1n) is 8.65. The molecule has 0 saturated carbocycles. The van der Waals surface area contributed by atoms with Crippen molar-refractivity contribution in [2.45, 2.75) is 19.4 Å². The van der Waals surface area contributed by atoms with E-state index in [2.05, 4.69) is 5.32 Å². The zero-order chi connectivity index (χ0) is 19.2. The van der Waals surface area contributed by atoms with Crippen LogP contribution in [0.4, 0.5) is 11.4 Å². The number of hydrogen-bond donors (Lipinski definition) is 1. The Hall–Kier alpha value is -3.41. The number of amides is 2. The number of ether oxygens (including phenoxy) is 1. The first kappa shape index (κ1) is 18.4. The van der Waals surface area contributed by atoms with Gasteiger partial charge in [-0.1, -0.05) is 42.5 Å². The van der Waals surface area contributed by atoms with E-state index in [1.807, 2.05) is 30.3 Å². The van der Waals surface area contributed by atoms with Crippen molar-refractivity contribution in [3.63, 3.8) is 0 Å². The number of nitrogens with zero attached hydrogens (tertiary/aromatic N) is 1. The summed E-state index contributed by atoms with van der Waals surface area (Å²) in [6.07, 6.45) is 3.08. The molecule has 27 heavy (non-hydrogen) atoms. The Kier molecular flexibility index (Phi) is 5.66. The molecule has 0 unspecified atom stereocenters. The Morgan fingerprint density at radius 3 is 2.63 bits per heavy atom. The van der Waals surface area contributed by atoms with Crippen LogP contribution in [0.5, 0.6) is 0 Å². The van der Waals surface area contributed by atoms with Crippen molar-refractivity contribution >= 4 is 35.2 Å². The van der Waals surface area contributed by atoms with E-state index in [9.17, 15) is 14.4 Å². The molecule has 6 nitrogen and oxygen atoms in total. The van der Waals surface area contributed by atoms with Gasteiger partial charge in [-0.2, -0.15) is 0 Å². The standard InChI is InChI=1S/C21H20N2O4/c1-15-13-19(24)22-17-9-5-6-10-18(17)23(15)20(25)14-27-21(26)12-11-16-7-3-2-4-8-16/h2-12,15H,13-14H2,1H3,(H,22,24)/b12-11+/t15-/m0/s1. The monoisotopic (exact) mass is 364 g/mol. The summed E-state index contributed by atoms with van der Waals surface area (Å²) in [7, 11) is 0. The van der Waals surface area contributed by atoms with Gasteiger partial charge in [-0.15, -0.1) is 0 Å². The van der Waals surface area contributed by atoms with Crippen LogP contribution in [0.25, 0.3) is 6.08 Å². The highest BCUT2D eigenvalue weighted by Gasteiger charge is 2.29. The van der Waals surface area contributed by atoms with Gasteiger partial charge >= 0.3 is 5.97 Å². The van der Waals surface area contributed by atoms with Gasteiger partial charge < -0.3 is 15.0 Å². The largest absolute Gasteiger partial charge is 0.452 e. The second-order valence-electron chi connectivity index (χ2n) is 6.23. The highest BCUT2D eigenvalue weighted by atomic mass is 16.5. The zero-order valence-electron chi connectivity index (χ0n) is 14.9. The van der Waals surface area contributed by atoms with E-state index in [1.165, 1.54) is 11.0 Å². The summed E-state index contributed by atoms with van der Waals surface area (Å²) in [5.41, 5.74) is 2.02. The Labute approximate surface area is 157 Å². The number of esters is 1. The Balaban J connectivity index is 1.67. The van der Waals surface area contributed by atoms with Crippen LogP contribution in [-0.4, -0.2) is 30.4 Å². The Morgan fingerprint density at radius 2 is 1.85 bits per heavy atom. The highest BCUT2D eigenvalue weighted by molar-refractivity contribution is 6.05. The fraction of sp³-hybridized carbons (Fsp3) is 0.190. The van der Waals surface area contributed by atoms with Crippen LogP contribution in [0.2, 0.25) is 0 Å². The molecule has 0 fully saturated rings. The molecule has 6 heteroatoms. The lowest BCUT2D eigenvalue weighted by atomic mass is 10.1. The van der Waals surface area contributed by atoms with Gasteiger partial charge in [0.2, 0.25) is 5.91 Å². The second-order valence-corrected chi connectivity index (χ2v) is 6.23. The molecule has 0 radical (unpaired) electrons. The van der Waals surface area contributed by atoms with Crippen LogP contribution >= 0.6 is 0 Å². The summed E-state index contributed by atoms with van der Waals surface area (Å²) >= 11 is 0. The third-order valence-electron chi connectivity index (χ3n) is 4.18. The van der Waals surface area contributed by atoms with Gasteiger partial charge in [0.1, 0.15) is 0 Å². The van der Waals surface area contributed by atoms with E-state index in [0.29, 0.717) is 11.4 Å². The van der Waals surface area contributed by atoms with Crippen LogP contribution in [-0.2, 0) is 19.1 Å². The maximum atomic E-state index is 12.7. The van der Waals surface area contributed by atoms with Crippen LogP contribution in [0, 0.1) is 0 Å². The molecule has 1 heterocycles. The van der Waals surface area contributed by atoms with Crippen molar-refractivity contribution in [1.29, 1.82) is 0 Å². The van der Waals surface area contributed by atoms with Gasteiger partial charge in [0, 0.05) is 18.5 Å². The molecule has 2 aromatic rings. The van der Waals surface area contributed by atoms with Crippen LogP contribution in [0.15, 0.2) is 60.7 Å². The molecule has 1 N–H and O–H groups in total. The summed E-state index contributed by atoms with van der Waals surface area (Å²) in [5.74, 6) is -1.14. The number of benzene rings is 2. The van der Waals surface area contributed by atoms with Gasteiger partial charge in [-0.3, -0.25) is 9.59 Å². The molecule has 3 rings (SSSR count). The maximum absolute atomic E-state index is 12.7. The van der Waals surface area contributed by atoms with Crippen LogP contribution in [0.1, 0.15) is 18.9 Å². The zero-order valence-corrected chi connectivity index (χ0v) is 14.9. The van der Waals surface area contributed by atoms with E-state index in [0.717, 1.165) is 5.56 Å². The topological polar surface area (TPSA) is 75.7 Å². The molecule has 0 aromatic heterocycles. The van der Waals surface area contributed by atoms with Gasteiger partial charge in [0.25, 0.3) is 5.91 Å². The predicted octanol–water partition coefficient (Wildman–Crippen LogP) is 3.01. The van der Waals surface area contributed by atoms with E-state index < -0.39 is 12.6 Å². The second kappa shape index (κ2) is 8.31. The average Bonchev–Trinajstić information content (AvgIpc) is 2.79. The Bertz CT molecular complexity index is 877. The first-order chi connectivity index (χ1) is 13.0. The van der Waals surface area contributed by atoms with Gasteiger partial charge in [0.15, 0.2) is 6.61 Å². The summed E-state index contributed by atoms with van der Waals surface area (Å²) < 4.78 is 5.09. The molecule has 0 bridgehead atoms. The number of carbonyl (C=O) groups excluding carboxylic acids is 3. The third-order valence-corrected chi connectivity index (χ3v) is 4.18. The molecule has 2 amide bonds. The number of nitrogens with one attached hydrogen (secondary N) is 1. The minimum atomic E-state index is -0.600. The molecule has 2 aromatic carbocycles. The van der Waals surface area contributed by atoms with E-state index in [1.54, 1.807) is 37.3 Å². The van der Waals surface area contributed by atoms with Gasteiger partial charge in [-0.25, -0.2) is 4.79 Å². The quantitative estimate of drug-likeness (QED) is 0.668. The SMILES string of the molecule is C[C@H]1CC(=O)Nc2ccccc2N1C(=O)COC(=O)/C=C/c1ccccc1. The molecule has 1 aliphatic heterocycles. The molecular weight excluding hydrogens is 344 g/mol. The molecule has 1 atom stereocenters. The smallest absolute Gasteiger partial charge is 0.331 e. The van der Waals surface area contributed by atoms with Crippen LogP contribution < -0.4 is 10.2 Å². The van der Waals surface area contributed by atoms with Crippen molar-refractivity contribution in [3.8, 4) is 0 Å². The number of hydrogen-bond acceptors (Lipinski definition) is 4.